The van der Waals surface area contributed by atoms with Crippen molar-refractivity contribution in [2.45, 2.75) is 43.7 Å². The van der Waals surface area contributed by atoms with E-state index in [1.54, 1.807) is 6.07 Å². The summed E-state index contributed by atoms with van der Waals surface area (Å²) in [7, 11) is 4.02. The molecule has 0 spiro atoms. The lowest BCUT2D eigenvalue weighted by atomic mass is 9.67. The van der Waals surface area contributed by atoms with Crippen LogP contribution in [0.5, 0.6) is 0 Å². The summed E-state index contributed by atoms with van der Waals surface area (Å²) in [4.78, 5) is 2.12. The third kappa shape index (κ3) is 4.68. The van der Waals surface area contributed by atoms with Gasteiger partial charge in [-0.3, -0.25) is 0 Å². The van der Waals surface area contributed by atoms with Crippen molar-refractivity contribution in [2.24, 2.45) is 5.92 Å². The van der Waals surface area contributed by atoms with Crippen LogP contribution in [-0.4, -0.2) is 29.7 Å². The minimum absolute atomic E-state index is 0. The maximum Gasteiger partial charge on any atom is 0.162 e. The Labute approximate surface area is 166 Å². The predicted octanol–water partition coefficient (Wildman–Crippen LogP) is 5.15. The van der Waals surface area contributed by atoms with Gasteiger partial charge in [0.15, 0.2) is 11.6 Å². The molecule has 0 bridgehead atoms. The molecule has 1 fully saturated rings. The van der Waals surface area contributed by atoms with Gasteiger partial charge in [0.25, 0.3) is 0 Å². The highest BCUT2D eigenvalue weighted by Gasteiger charge is 2.44. The topological polar surface area (TPSA) is 23.5 Å². The fourth-order valence-electron chi connectivity index (χ4n) is 4.48. The molecule has 3 atom stereocenters. The van der Waals surface area contributed by atoms with Gasteiger partial charge in [-0.2, -0.15) is 0 Å². The molecule has 0 aliphatic heterocycles. The highest BCUT2D eigenvalue weighted by Crippen LogP contribution is 2.45. The maximum absolute atomic E-state index is 14.2. The highest BCUT2D eigenvalue weighted by atomic mass is 35.5. The minimum Gasteiger partial charge on any atom is -0.389 e. The summed E-state index contributed by atoms with van der Waals surface area (Å²) in [5.74, 6) is -1.74. The summed E-state index contributed by atoms with van der Waals surface area (Å²) in [6.45, 7) is 0. The first-order chi connectivity index (χ1) is 12.4. The second kappa shape index (κ2) is 9.13. The van der Waals surface area contributed by atoms with Crippen LogP contribution in [0.1, 0.15) is 42.9 Å². The molecule has 3 rings (SSSR count). The molecule has 2 aromatic rings. The van der Waals surface area contributed by atoms with Crippen LogP contribution in [0.2, 0.25) is 0 Å². The molecule has 5 heteroatoms. The second-order valence-corrected chi connectivity index (χ2v) is 7.66. The largest absolute Gasteiger partial charge is 0.389 e. The first-order valence-corrected chi connectivity index (χ1v) is 9.29. The normalized spacial score (nSPS) is 23.7. The summed E-state index contributed by atoms with van der Waals surface area (Å²) in [6, 6.07) is 14.4. The molecule has 27 heavy (non-hydrogen) atoms. The monoisotopic (exact) mass is 395 g/mol. The molecule has 1 aliphatic carbocycles. The second-order valence-electron chi connectivity index (χ2n) is 7.66. The summed E-state index contributed by atoms with van der Waals surface area (Å²) in [5.41, 5.74) is 0.338. The van der Waals surface area contributed by atoms with Crippen LogP contribution >= 0.6 is 12.4 Å². The van der Waals surface area contributed by atoms with E-state index in [0.29, 0.717) is 6.42 Å². The molecular formula is C22H28ClF2NO. The van der Waals surface area contributed by atoms with Gasteiger partial charge in [-0.1, -0.05) is 55.3 Å². The zero-order chi connectivity index (χ0) is 18.7. The predicted molar refractivity (Wildman–Crippen MR) is 107 cm³/mol. The standard InChI is InChI=1S/C22H27F2NO.ClH/c1-25(2)21(16-9-4-3-5-10-16)18-12-6-7-14-22(18,26)15-17-11-8-13-19(23)20(17)24;/h3-5,8-11,13,18,21,26H,6-7,12,14-15H2,1-2H3;1H. The van der Waals surface area contributed by atoms with E-state index >= 15 is 0 Å². The average molecular weight is 396 g/mol. The Morgan fingerprint density at radius 2 is 1.78 bits per heavy atom. The van der Waals surface area contributed by atoms with E-state index < -0.39 is 17.2 Å². The van der Waals surface area contributed by atoms with Crippen molar-refractivity contribution in [1.82, 2.24) is 4.90 Å². The molecule has 0 aromatic heterocycles. The summed E-state index contributed by atoms with van der Waals surface area (Å²) >= 11 is 0. The van der Waals surface area contributed by atoms with Gasteiger partial charge in [0.1, 0.15) is 0 Å². The summed E-state index contributed by atoms with van der Waals surface area (Å²) in [5, 5.41) is 11.6. The van der Waals surface area contributed by atoms with E-state index in [4.69, 9.17) is 0 Å². The molecule has 0 saturated heterocycles. The number of halogens is 3. The first-order valence-electron chi connectivity index (χ1n) is 9.29. The van der Waals surface area contributed by atoms with Gasteiger partial charge in [-0.25, -0.2) is 8.78 Å². The van der Waals surface area contributed by atoms with E-state index in [-0.39, 0.29) is 36.4 Å². The average Bonchev–Trinajstić information content (AvgIpc) is 2.62. The number of hydrogen-bond acceptors (Lipinski definition) is 2. The van der Waals surface area contributed by atoms with Crippen molar-refractivity contribution in [3.05, 3.63) is 71.3 Å². The molecule has 1 N–H and O–H groups in total. The Balaban J connectivity index is 0.00000261. The Morgan fingerprint density at radius 3 is 2.44 bits per heavy atom. The molecule has 1 saturated carbocycles. The van der Waals surface area contributed by atoms with Gasteiger partial charge in [-0.15, -0.1) is 12.4 Å². The van der Waals surface area contributed by atoms with Crippen LogP contribution in [0.3, 0.4) is 0 Å². The molecule has 2 aromatic carbocycles. The lowest BCUT2D eigenvalue weighted by molar-refractivity contribution is -0.0775. The Kier molecular flexibility index (Phi) is 7.38. The number of benzene rings is 2. The molecule has 0 heterocycles. The third-order valence-electron chi connectivity index (χ3n) is 5.67. The summed E-state index contributed by atoms with van der Waals surface area (Å²) < 4.78 is 27.9. The van der Waals surface area contributed by atoms with E-state index in [9.17, 15) is 13.9 Å². The smallest absolute Gasteiger partial charge is 0.162 e. The molecule has 0 amide bonds. The Hall–Kier alpha value is -1.49. The van der Waals surface area contributed by atoms with E-state index in [0.717, 1.165) is 30.9 Å². The molecule has 2 nitrogen and oxygen atoms in total. The molecule has 148 valence electrons. The van der Waals surface area contributed by atoms with Gasteiger partial charge < -0.3 is 10.0 Å². The van der Waals surface area contributed by atoms with Gasteiger partial charge in [0.2, 0.25) is 0 Å². The number of hydrogen-bond donors (Lipinski definition) is 1. The molecular weight excluding hydrogens is 368 g/mol. The van der Waals surface area contributed by atoms with E-state index in [2.05, 4.69) is 17.0 Å². The zero-order valence-corrected chi connectivity index (χ0v) is 16.7. The van der Waals surface area contributed by atoms with Crippen LogP contribution in [-0.2, 0) is 6.42 Å². The fraction of sp³-hybridized carbons (Fsp3) is 0.455. The van der Waals surface area contributed by atoms with Crippen molar-refractivity contribution >= 4 is 12.4 Å². The molecule has 3 unspecified atom stereocenters. The first kappa shape index (κ1) is 21.8. The van der Waals surface area contributed by atoms with Gasteiger partial charge >= 0.3 is 0 Å². The Bertz CT molecular complexity index is 740. The van der Waals surface area contributed by atoms with Crippen LogP contribution in [0.15, 0.2) is 48.5 Å². The number of aliphatic hydroxyl groups is 1. The third-order valence-corrected chi connectivity index (χ3v) is 5.67. The van der Waals surface area contributed by atoms with Crippen LogP contribution < -0.4 is 0 Å². The van der Waals surface area contributed by atoms with Gasteiger partial charge in [0.05, 0.1) is 5.60 Å². The lowest BCUT2D eigenvalue weighted by Crippen LogP contribution is -2.48. The molecule has 1 aliphatic rings. The maximum atomic E-state index is 14.2. The number of rotatable bonds is 5. The summed E-state index contributed by atoms with van der Waals surface area (Å²) in [6.07, 6.45) is 3.54. The van der Waals surface area contributed by atoms with E-state index in [1.165, 1.54) is 6.07 Å². The highest BCUT2D eigenvalue weighted by molar-refractivity contribution is 5.85. The van der Waals surface area contributed by atoms with Crippen molar-refractivity contribution in [3.8, 4) is 0 Å². The van der Waals surface area contributed by atoms with Crippen LogP contribution in [0.25, 0.3) is 0 Å². The Morgan fingerprint density at radius 1 is 1.07 bits per heavy atom. The number of nitrogens with zero attached hydrogens (tertiary/aromatic N) is 1. The quantitative estimate of drug-likeness (QED) is 0.756. The zero-order valence-electron chi connectivity index (χ0n) is 15.9. The van der Waals surface area contributed by atoms with Crippen molar-refractivity contribution in [1.29, 1.82) is 0 Å². The fourth-order valence-corrected chi connectivity index (χ4v) is 4.48. The lowest BCUT2D eigenvalue weighted by Gasteiger charge is -2.46. The van der Waals surface area contributed by atoms with Crippen LogP contribution in [0, 0.1) is 17.6 Å². The van der Waals surface area contributed by atoms with E-state index in [1.807, 2.05) is 32.3 Å². The van der Waals surface area contributed by atoms with Crippen LogP contribution in [0.4, 0.5) is 8.78 Å². The van der Waals surface area contributed by atoms with Gasteiger partial charge in [-0.05, 0) is 44.1 Å². The van der Waals surface area contributed by atoms with Crippen molar-refractivity contribution < 1.29 is 13.9 Å². The van der Waals surface area contributed by atoms with Crippen molar-refractivity contribution in [2.75, 3.05) is 14.1 Å². The van der Waals surface area contributed by atoms with Crippen molar-refractivity contribution in [3.63, 3.8) is 0 Å². The SMILES string of the molecule is CN(C)C(c1ccccc1)C1CCCCC1(O)Cc1cccc(F)c1F.Cl. The minimum atomic E-state index is -1.06. The molecule has 0 radical (unpaired) electrons. The van der Waals surface area contributed by atoms with Gasteiger partial charge in [0, 0.05) is 18.4 Å².